The molecule has 5 heteroatoms. The van der Waals surface area contributed by atoms with E-state index >= 15 is 0 Å². The maximum absolute atomic E-state index is 5.06. The van der Waals surface area contributed by atoms with E-state index in [4.69, 9.17) is 9.97 Å². The largest absolute Gasteiger partial charge is 0.291 e. The van der Waals surface area contributed by atoms with Crippen molar-refractivity contribution in [1.82, 2.24) is 24.3 Å². The van der Waals surface area contributed by atoms with Gasteiger partial charge in [-0.3, -0.25) is 4.40 Å². The highest BCUT2D eigenvalue weighted by molar-refractivity contribution is 6.19. The van der Waals surface area contributed by atoms with Gasteiger partial charge in [0.25, 0.3) is 0 Å². The molecule has 0 fully saturated rings. The summed E-state index contributed by atoms with van der Waals surface area (Å²) in [7, 11) is 0. The predicted molar refractivity (Wildman–Crippen MR) is 149 cm³/mol. The third-order valence-electron chi connectivity index (χ3n) is 7.06. The summed E-state index contributed by atoms with van der Waals surface area (Å²) in [6.07, 6.45) is 3.33. The fourth-order valence-electron chi connectivity index (χ4n) is 5.41. The maximum Gasteiger partial charge on any atom is 0.199 e. The highest BCUT2D eigenvalue weighted by Gasteiger charge is 2.21. The van der Waals surface area contributed by atoms with E-state index in [1.807, 2.05) is 6.07 Å². The molecule has 0 atom stereocenters. The smallest absolute Gasteiger partial charge is 0.199 e. The van der Waals surface area contributed by atoms with Crippen molar-refractivity contribution in [2.45, 2.75) is 0 Å². The lowest BCUT2D eigenvalue weighted by atomic mass is 9.99. The molecule has 0 bridgehead atoms. The first-order chi connectivity index (χ1) is 18.3. The van der Waals surface area contributed by atoms with E-state index in [2.05, 4.69) is 111 Å². The van der Waals surface area contributed by atoms with Crippen molar-refractivity contribution < 1.29 is 0 Å². The van der Waals surface area contributed by atoms with Crippen LogP contribution < -0.4 is 0 Å². The zero-order valence-electron chi connectivity index (χ0n) is 19.7. The standard InChI is InChI=1S/C32H19N5/c1-3-9-20(10-4-1)24-19-27(21-11-5-2-6-12-21)37-29(24)26-18-23-14-8-7-13-22(23)17-25(26)28-32(37)36-31-30(35-28)33-15-16-34-31/h1-19H. The average Bonchev–Trinajstić information content (AvgIpc) is 3.38. The van der Waals surface area contributed by atoms with E-state index < -0.39 is 0 Å². The Morgan fingerprint density at radius 2 is 1.14 bits per heavy atom. The van der Waals surface area contributed by atoms with Gasteiger partial charge in [0.15, 0.2) is 16.9 Å². The molecule has 0 unspecified atom stereocenters. The fraction of sp³-hybridized carbons (Fsp3) is 0. The molecule has 172 valence electrons. The summed E-state index contributed by atoms with van der Waals surface area (Å²) in [5, 5.41) is 4.53. The predicted octanol–water partition coefficient (Wildman–Crippen LogP) is 7.47. The zero-order valence-corrected chi connectivity index (χ0v) is 19.7. The van der Waals surface area contributed by atoms with Crippen molar-refractivity contribution in [3.8, 4) is 22.4 Å². The Morgan fingerprint density at radius 3 is 1.84 bits per heavy atom. The molecule has 0 saturated carbocycles. The molecular weight excluding hydrogens is 454 g/mol. The van der Waals surface area contributed by atoms with Crippen molar-refractivity contribution in [2.75, 3.05) is 0 Å². The molecule has 0 aliphatic heterocycles. The minimum Gasteiger partial charge on any atom is -0.291 e. The van der Waals surface area contributed by atoms with Gasteiger partial charge in [-0.15, -0.1) is 0 Å². The van der Waals surface area contributed by atoms with E-state index in [0.717, 1.165) is 55.2 Å². The molecule has 0 aliphatic carbocycles. The molecule has 0 aliphatic rings. The van der Waals surface area contributed by atoms with Crippen LogP contribution in [-0.4, -0.2) is 24.3 Å². The van der Waals surface area contributed by atoms with Gasteiger partial charge in [0.1, 0.15) is 5.52 Å². The lowest BCUT2D eigenvalue weighted by Gasteiger charge is -2.13. The Labute approximate surface area is 211 Å². The second-order valence-corrected chi connectivity index (χ2v) is 9.20. The Morgan fingerprint density at radius 1 is 0.541 bits per heavy atom. The van der Waals surface area contributed by atoms with E-state index in [0.29, 0.717) is 11.3 Å². The van der Waals surface area contributed by atoms with Gasteiger partial charge >= 0.3 is 0 Å². The molecule has 4 aromatic carbocycles. The number of nitrogens with zero attached hydrogens (tertiary/aromatic N) is 5. The second-order valence-electron chi connectivity index (χ2n) is 9.20. The summed E-state index contributed by atoms with van der Waals surface area (Å²) in [6.45, 7) is 0. The van der Waals surface area contributed by atoms with E-state index in [-0.39, 0.29) is 0 Å². The zero-order chi connectivity index (χ0) is 24.3. The van der Waals surface area contributed by atoms with Crippen molar-refractivity contribution in [3.63, 3.8) is 0 Å². The first kappa shape index (κ1) is 20.1. The molecule has 0 spiro atoms. The first-order valence-corrected chi connectivity index (χ1v) is 12.2. The van der Waals surface area contributed by atoms with Gasteiger partial charge in [-0.05, 0) is 40.1 Å². The number of pyridine rings is 1. The number of benzene rings is 4. The Balaban J connectivity index is 1.68. The fourth-order valence-corrected chi connectivity index (χ4v) is 5.41. The molecule has 5 nitrogen and oxygen atoms in total. The highest BCUT2D eigenvalue weighted by Crippen LogP contribution is 2.41. The summed E-state index contributed by atoms with van der Waals surface area (Å²) in [6, 6.07) is 36.3. The van der Waals surface area contributed by atoms with Gasteiger partial charge < -0.3 is 0 Å². The summed E-state index contributed by atoms with van der Waals surface area (Å²) in [5.41, 5.74) is 8.25. The van der Waals surface area contributed by atoms with Crippen molar-refractivity contribution >= 4 is 49.5 Å². The molecule has 8 rings (SSSR count). The summed E-state index contributed by atoms with van der Waals surface area (Å²) >= 11 is 0. The maximum atomic E-state index is 5.06. The summed E-state index contributed by atoms with van der Waals surface area (Å²) in [4.78, 5) is 19.0. The summed E-state index contributed by atoms with van der Waals surface area (Å²) < 4.78 is 2.26. The average molecular weight is 474 g/mol. The molecule has 0 saturated heterocycles. The lowest BCUT2D eigenvalue weighted by Crippen LogP contribution is -2.00. The third-order valence-corrected chi connectivity index (χ3v) is 7.06. The van der Waals surface area contributed by atoms with Gasteiger partial charge in [-0.2, -0.15) is 0 Å². The van der Waals surface area contributed by atoms with Crippen LogP contribution in [0.25, 0.3) is 71.9 Å². The van der Waals surface area contributed by atoms with Crippen LogP contribution in [0, 0.1) is 0 Å². The van der Waals surface area contributed by atoms with E-state index in [1.165, 1.54) is 5.39 Å². The first-order valence-electron chi connectivity index (χ1n) is 12.2. The number of hydrogen-bond acceptors (Lipinski definition) is 4. The van der Waals surface area contributed by atoms with Crippen LogP contribution in [0.3, 0.4) is 0 Å². The van der Waals surface area contributed by atoms with Crippen molar-refractivity contribution in [1.29, 1.82) is 0 Å². The Kier molecular flexibility index (Phi) is 4.16. The SMILES string of the molecule is c1ccc(-c2cc(-c3ccccc3)n3c4nc5nccnc5nc4c4cc5ccccc5cc4c23)cc1. The number of aromatic nitrogens is 5. The number of hydrogen-bond donors (Lipinski definition) is 0. The van der Waals surface area contributed by atoms with Gasteiger partial charge in [0.05, 0.1) is 11.2 Å². The quantitative estimate of drug-likeness (QED) is 0.193. The van der Waals surface area contributed by atoms with Crippen LogP contribution in [0.4, 0.5) is 0 Å². The van der Waals surface area contributed by atoms with Gasteiger partial charge in [0, 0.05) is 28.7 Å². The van der Waals surface area contributed by atoms with Gasteiger partial charge in [-0.25, -0.2) is 19.9 Å². The monoisotopic (exact) mass is 473 g/mol. The molecule has 0 radical (unpaired) electrons. The van der Waals surface area contributed by atoms with Crippen LogP contribution in [0.5, 0.6) is 0 Å². The number of fused-ring (bicyclic) bond motifs is 8. The van der Waals surface area contributed by atoms with Crippen LogP contribution in [0.1, 0.15) is 0 Å². The molecule has 8 aromatic rings. The van der Waals surface area contributed by atoms with Gasteiger partial charge in [-0.1, -0.05) is 84.9 Å². The normalized spacial score (nSPS) is 11.8. The van der Waals surface area contributed by atoms with Crippen LogP contribution in [0.15, 0.2) is 116 Å². The van der Waals surface area contributed by atoms with E-state index in [1.54, 1.807) is 12.4 Å². The molecule has 4 heterocycles. The van der Waals surface area contributed by atoms with Crippen LogP contribution in [0.2, 0.25) is 0 Å². The lowest BCUT2D eigenvalue weighted by molar-refractivity contribution is 1.16. The molecule has 37 heavy (non-hydrogen) atoms. The van der Waals surface area contributed by atoms with Crippen LogP contribution >= 0.6 is 0 Å². The van der Waals surface area contributed by atoms with Crippen molar-refractivity contribution in [2.24, 2.45) is 0 Å². The topological polar surface area (TPSA) is 56.0 Å². The Hall–Kier alpha value is -5.16. The second kappa shape index (κ2) is 7.67. The van der Waals surface area contributed by atoms with Crippen molar-refractivity contribution in [3.05, 3.63) is 116 Å². The molecule has 0 N–H and O–H groups in total. The minimum atomic E-state index is 0.533. The highest BCUT2D eigenvalue weighted by atomic mass is 15.1. The van der Waals surface area contributed by atoms with Gasteiger partial charge in [0.2, 0.25) is 0 Å². The summed E-state index contributed by atoms with van der Waals surface area (Å²) in [5.74, 6) is 0. The molecule has 4 aromatic heterocycles. The van der Waals surface area contributed by atoms with E-state index in [9.17, 15) is 0 Å². The third kappa shape index (κ3) is 2.98. The molecular formula is C32H19N5. The minimum absolute atomic E-state index is 0.533. The Bertz CT molecular complexity index is 1980. The van der Waals surface area contributed by atoms with Crippen LogP contribution in [-0.2, 0) is 0 Å². The molecule has 0 amide bonds. The number of rotatable bonds is 2.